The molecule has 2 heterocycles. The number of fused-ring (bicyclic) bond motifs is 1. The van der Waals surface area contributed by atoms with Crippen LogP contribution in [-0.4, -0.2) is 22.8 Å². The normalized spacial score (nSPS) is 28.7. The molecule has 96 valence electrons. The first-order valence-corrected chi connectivity index (χ1v) is 6.63. The van der Waals surface area contributed by atoms with Gasteiger partial charge in [0.05, 0.1) is 18.3 Å². The lowest BCUT2D eigenvalue weighted by Gasteiger charge is -2.37. The number of rotatable bonds is 2. The lowest BCUT2D eigenvalue weighted by Crippen LogP contribution is -2.38. The minimum atomic E-state index is -0.732. The maximum absolute atomic E-state index is 10.9. The first-order valence-electron chi connectivity index (χ1n) is 6.63. The summed E-state index contributed by atoms with van der Waals surface area (Å²) in [6.45, 7) is 2.74. The fourth-order valence-electron chi connectivity index (χ4n) is 2.80. The second-order valence-electron chi connectivity index (χ2n) is 5.17. The van der Waals surface area contributed by atoms with E-state index in [4.69, 9.17) is 4.74 Å². The van der Waals surface area contributed by atoms with Crippen LogP contribution in [0.1, 0.15) is 31.7 Å². The summed E-state index contributed by atoms with van der Waals surface area (Å²) in [6, 6.07) is 8.19. The van der Waals surface area contributed by atoms with Gasteiger partial charge in [-0.2, -0.15) is 0 Å². The fourth-order valence-corrected chi connectivity index (χ4v) is 2.80. The molecule has 0 radical (unpaired) electrons. The number of nitrogens with one attached hydrogen (secondary N) is 1. The molecule has 3 heteroatoms. The Hall–Kier alpha value is -1.32. The van der Waals surface area contributed by atoms with Gasteiger partial charge in [-0.25, -0.2) is 0 Å². The number of hydrogen-bond donors (Lipinski definition) is 2. The standard InChI is InChI=1S/C15H19NO2/c1-2-13-10-15(17,6-8-18-13)12-3-4-14-11(9-12)5-7-16-14/h3-5,7,9,13,16-17H,2,6,8,10H2,1H3. The van der Waals surface area contributed by atoms with Crippen LogP contribution in [0.2, 0.25) is 0 Å². The zero-order valence-corrected chi connectivity index (χ0v) is 10.6. The van der Waals surface area contributed by atoms with Gasteiger partial charge in [0.25, 0.3) is 0 Å². The number of aromatic amines is 1. The number of benzene rings is 1. The molecule has 3 nitrogen and oxygen atoms in total. The summed E-state index contributed by atoms with van der Waals surface area (Å²) < 4.78 is 5.65. The van der Waals surface area contributed by atoms with Crippen molar-refractivity contribution in [2.45, 2.75) is 37.9 Å². The van der Waals surface area contributed by atoms with Crippen molar-refractivity contribution >= 4 is 10.9 Å². The maximum atomic E-state index is 10.9. The summed E-state index contributed by atoms with van der Waals surface area (Å²) in [7, 11) is 0. The van der Waals surface area contributed by atoms with Gasteiger partial charge in [0.1, 0.15) is 0 Å². The minimum Gasteiger partial charge on any atom is -0.385 e. The SMILES string of the molecule is CCC1CC(O)(c2ccc3[nH]ccc3c2)CCO1. The molecular weight excluding hydrogens is 226 g/mol. The lowest BCUT2D eigenvalue weighted by atomic mass is 9.83. The van der Waals surface area contributed by atoms with E-state index >= 15 is 0 Å². The number of ether oxygens (including phenoxy) is 1. The molecule has 1 saturated heterocycles. The summed E-state index contributed by atoms with van der Waals surface area (Å²) >= 11 is 0. The van der Waals surface area contributed by atoms with Crippen LogP contribution in [-0.2, 0) is 10.3 Å². The van der Waals surface area contributed by atoms with E-state index in [1.807, 2.05) is 24.4 Å². The van der Waals surface area contributed by atoms with Crippen molar-refractivity contribution in [3.8, 4) is 0 Å². The fraction of sp³-hybridized carbons (Fsp3) is 0.467. The second kappa shape index (κ2) is 4.41. The van der Waals surface area contributed by atoms with Crippen LogP contribution in [0.25, 0.3) is 10.9 Å². The van der Waals surface area contributed by atoms with Gasteiger partial charge in [-0.05, 0) is 35.6 Å². The summed E-state index contributed by atoms with van der Waals surface area (Å²) in [4.78, 5) is 3.18. The van der Waals surface area contributed by atoms with Gasteiger partial charge in [0.2, 0.25) is 0 Å². The van der Waals surface area contributed by atoms with Gasteiger partial charge < -0.3 is 14.8 Å². The average molecular weight is 245 g/mol. The van der Waals surface area contributed by atoms with Crippen LogP contribution in [0, 0.1) is 0 Å². The highest BCUT2D eigenvalue weighted by Gasteiger charge is 2.36. The van der Waals surface area contributed by atoms with Crippen molar-refractivity contribution in [1.82, 2.24) is 4.98 Å². The molecule has 2 N–H and O–H groups in total. The largest absolute Gasteiger partial charge is 0.385 e. The van der Waals surface area contributed by atoms with Crippen molar-refractivity contribution in [2.75, 3.05) is 6.61 Å². The van der Waals surface area contributed by atoms with Crippen molar-refractivity contribution in [3.63, 3.8) is 0 Å². The highest BCUT2D eigenvalue weighted by atomic mass is 16.5. The van der Waals surface area contributed by atoms with Gasteiger partial charge in [0, 0.05) is 24.6 Å². The molecule has 1 aromatic heterocycles. The van der Waals surface area contributed by atoms with E-state index in [1.165, 1.54) is 0 Å². The third-order valence-electron chi connectivity index (χ3n) is 3.98. The van der Waals surface area contributed by atoms with Crippen LogP contribution in [0.4, 0.5) is 0 Å². The Kier molecular flexibility index (Phi) is 2.88. The van der Waals surface area contributed by atoms with Gasteiger partial charge in [-0.1, -0.05) is 13.0 Å². The first-order chi connectivity index (χ1) is 8.71. The summed E-state index contributed by atoms with van der Waals surface area (Å²) in [5, 5.41) is 12.0. The predicted octanol–water partition coefficient (Wildman–Crippen LogP) is 2.94. The Balaban J connectivity index is 1.96. The Morgan fingerprint density at radius 1 is 1.44 bits per heavy atom. The molecule has 0 bridgehead atoms. The molecule has 2 unspecified atom stereocenters. The first kappa shape index (κ1) is 11.8. The van der Waals surface area contributed by atoms with Gasteiger partial charge in [0.15, 0.2) is 0 Å². The Morgan fingerprint density at radius 2 is 2.33 bits per heavy atom. The van der Waals surface area contributed by atoms with Crippen molar-refractivity contribution in [3.05, 3.63) is 36.0 Å². The molecule has 1 aromatic carbocycles. The number of aromatic nitrogens is 1. The smallest absolute Gasteiger partial charge is 0.0943 e. The van der Waals surface area contributed by atoms with E-state index < -0.39 is 5.60 Å². The topological polar surface area (TPSA) is 45.2 Å². The van der Waals surface area contributed by atoms with Crippen molar-refractivity contribution in [2.24, 2.45) is 0 Å². The zero-order chi connectivity index (χ0) is 12.6. The lowest BCUT2D eigenvalue weighted by molar-refractivity contribution is -0.108. The van der Waals surface area contributed by atoms with E-state index in [0.717, 1.165) is 22.9 Å². The van der Waals surface area contributed by atoms with Gasteiger partial charge in [-0.3, -0.25) is 0 Å². The summed E-state index contributed by atoms with van der Waals surface area (Å²) in [6.07, 6.45) is 4.43. The molecule has 0 saturated carbocycles. The highest BCUT2D eigenvalue weighted by Crippen LogP contribution is 2.36. The second-order valence-corrected chi connectivity index (χ2v) is 5.17. The number of hydrogen-bond acceptors (Lipinski definition) is 2. The third-order valence-corrected chi connectivity index (χ3v) is 3.98. The molecule has 1 fully saturated rings. The molecule has 18 heavy (non-hydrogen) atoms. The minimum absolute atomic E-state index is 0.172. The van der Waals surface area contributed by atoms with Crippen LogP contribution in [0.5, 0.6) is 0 Å². The van der Waals surface area contributed by atoms with Gasteiger partial charge in [-0.15, -0.1) is 0 Å². The number of H-pyrrole nitrogens is 1. The van der Waals surface area contributed by atoms with Crippen LogP contribution in [0.3, 0.4) is 0 Å². The quantitative estimate of drug-likeness (QED) is 0.854. The van der Waals surface area contributed by atoms with E-state index in [9.17, 15) is 5.11 Å². The van der Waals surface area contributed by atoms with Crippen molar-refractivity contribution < 1.29 is 9.84 Å². The maximum Gasteiger partial charge on any atom is 0.0943 e. The van der Waals surface area contributed by atoms with Crippen LogP contribution < -0.4 is 0 Å². The van der Waals surface area contributed by atoms with E-state index in [0.29, 0.717) is 19.4 Å². The summed E-state index contributed by atoms with van der Waals surface area (Å²) in [5.41, 5.74) is 1.39. The highest BCUT2D eigenvalue weighted by molar-refractivity contribution is 5.80. The molecule has 0 spiro atoms. The Morgan fingerprint density at radius 3 is 3.17 bits per heavy atom. The molecule has 1 aliphatic rings. The predicted molar refractivity (Wildman–Crippen MR) is 71.5 cm³/mol. The van der Waals surface area contributed by atoms with Crippen molar-refractivity contribution in [1.29, 1.82) is 0 Å². The monoisotopic (exact) mass is 245 g/mol. The zero-order valence-electron chi connectivity index (χ0n) is 10.6. The molecule has 3 rings (SSSR count). The van der Waals surface area contributed by atoms with Gasteiger partial charge >= 0.3 is 0 Å². The summed E-state index contributed by atoms with van der Waals surface area (Å²) in [5.74, 6) is 0. The van der Waals surface area contributed by atoms with Crippen LogP contribution >= 0.6 is 0 Å². The average Bonchev–Trinajstić information content (AvgIpc) is 2.86. The molecule has 1 aliphatic heterocycles. The van der Waals surface area contributed by atoms with E-state index in [2.05, 4.69) is 18.0 Å². The van der Waals surface area contributed by atoms with Crippen LogP contribution in [0.15, 0.2) is 30.5 Å². The molecule has 0 aliphatic carbocycles. The Labute approximate surface area is 107 Å². The molecule has 0 amide bonds. The van der Waals surface area contributed by atoms with E-state index in [-0.39, 0.29) is 6.10 Å². The molecular formula is C15H19NO2. The molecule has 2 aromatic rings. The Bertz CT molecular complexity index is 548. The number of aliphatic hydroxyl groups is 1. The third kappa shape index (κ3) is 1.93. The van der Waals surface area contributed by atoms with E-state index in [1.54, 1.807) is 0 Å². The molecule has 2 atom stereocenters.